The van der Waals surface area contributed by atoms with Gasteiger partial charge in [-0.25, -0.2) is 9.37 Å². The molecule has 6 heteroatoms. The summed E-state index contributed by atoms with van der Waals surface area (Å²) in [6.45, 7) is 1.93. The van der Waals surface area contributed by atoms with E-state index in [1.807, 2.05) is 37.3 Å². The zero-order valence-corrected chi connectivity index (χ0v) is 14.5. The van der Waals surface area contributed by atoms with Gasteiger partial charge < -0.3 is 15.2 Å². The molecular weight excluding hydrogens is 333 g/mol. The number of benzene rings is 2. The van der Waals surface area contributed by atoms with Crippen molar-refractivity contribution in [2.24, 2.45) is 0 Å². The van der Waals surface area contributed by atoms with Gasteiger partial charge in [0.1, 0.15) is 17.3 Å². The highest BCUT2D eigenvalue weighted by Gasteiger charge is 2.33. The van der Waals surface area contributed by atoms with Crippen molar-refractivity contribution in [3.63, 3.8) is 0 Å². The third-order valence-corrected chi connectivity index (χ3v) is 4.27. The van der Waals surface area contributed by atoms with Crippen LogP contribution in [0.3, 0.4) is 0 Å². The first-order valence-corrected chi connectivity index (χ1v) is 8.46. The Labute approximate surface area is 151 Å². The van der Waals surface area contributed by atoms with Crippen LogP contribution < -0.4 is 5.32 Å². The maximum atomic E-state index is 13.4. The number of aromatic hydroxyl groups is 1. The molecule has 0 saturated heterocycles. The second-order valence-corrected chi connectivity index (χ2v) is 6.51. The van der Waals surface area contributed by atoms with Gasteiger partial charge in [0.05, 0.1) is 6.33 Å². The fourth-order valence-corrected chi connectivity index (χ4v) is 3.15. The minimum atomic E-state index is -1.56. The smallest absolute Gasteiger partial charge is 0.149 e. The molecule has 1 heterocycles. The van der Waals surface area contributed by atoms with Crippen LogP contribution in [0.4, 0.5) is 4.39 Å². The third-order valence-electron chi connectivity index (χ3n) is 4.27. The van der Waals surface area contributed by atoms with Crippen molar-refractivity contribution in [2.75, 3.05) is 0 Å². The molecule has 0 fully saturated rings. The van der Waals surface area contributed by atoms with Crippen molar-refractivity contribution in [1.29, 1.82) is 0 Å². The van der Waals surface area contributed by atoms with Crippen molar-refractivity contribution in [1.82, 2.24) is 15.3 Å². The summed E-state index contributed by atoms with van der Waals surface area (Å²) in [5.41, 5.74) is 0.494. The lowest BCUT2D eigenvalue weighted by Gasteiger charge is -2.33. The van der Waals surface area contributed by atoms with Gasteiger partial charge in [0.2, 0.25) is 0 Å². The lowest BCUT2D eigenvalue weighted by Crippen LogP contribution is -2.49. The summed E-state index contributed by atoms with van der Waals surface area (Å²) < 4.78 is 13.4. The van der Waals surface area contributed by atoms with Crippen LogP contribution >= 0.6 is 0 Å². The lowest BCUT2D eigenvalue weighted by atomic mass is 9.92. The van der Waals surface area contributed by atoms with E-state index in [4.69, 9.17) is 0 Å². The van der Waals surface area contributed by atoms with Crippen molar-refractivity contribution in [3.05, 3.63) is 83.7 Å². The summed E-state index contributed by atoms with van der Waals surface area (Å²) in [5.74, 6) is -0.844. The standard InChI is InChI=1S/C20H22FN3O2/c1-14(9-17-12-22-13-23-17)24-20(26,11-15-5-3-2-4-6-15)18-8-7-16(21)10-19(18)25/h2-8,10,12-14,24-26H,9,11H2,1H3,(H,22,23)/t14-,20?/m1/s1. The van der Waals surface area contributed by atoms with Crippen LogP contribution in [0.15, 0.2) is 61.1 Å². The number of H-pyrrole nitrogens is 1. The minimum absolute atomic E-state index is 0.131. The number of nitrogens with one attached hydrogen (secondary N) is 2. The average molecular weight is 355 g/mol. The number of aromatic nitrogens is 2. The SMILES string of the molecule is C[C@H](Cc1cnc[nH]1)NC(O)(Cc1ccccc1)c1ccc(F)cc1O. The molecular formula is C20H22FN3O2. The number of imidazole rings is 1. The molecule has 0 aliphatic carbocycles. The number of hydrogen-bond acceptors (Lipinski definition) is 4. The molecule has 0 aliphatic heterocycles. The molecule has 3 aromatic rings. The number of rotatable bonds is 7. The van der Waals surface area contributed by atoms with Gasteiger partial charge in [-0.2, -0.15) is 0 Å². The van der Waals surface area contributed by atoms with E-state index >= 15 is 0 Å². The van der Waals surface area contributed by atoms with E-state index in [9.17, 15) is 14.6 Å². The number of nitrogens with zero attached hydrogens (tertiary/aromatic N) is 1. The van der Waals surface area contributed by atoms with Crippen LogP contribution in [-0.4, -0.2) is 26.2 Å². The fourth-order valence-electron chi connectivity index (χ4n) is 3.15. The molecule has 0 bridgehead atoms. The molecule has 0 aliphatic rings. The summed E-state index contributed by atoms with van der Waals surface area (Å²) in [6.07, 6.45) is 4.16. The second kappa shape index (κ2) is 7.68. The Morgan fingerprint density at radius 1 is 1.23 bits per heavy atom. The number of halogens is 1. The van der Waals surface area contributed by atoms with Crippen LogP contribution in [0.25, 0.3) is 0 Å². The number of hydrogen-bond donors (Lipinski definition) is 4. The Hall–Kier alpha value is -2.70. The molecule has 0 spiro atoms. The predicted octanol–water partition coefficient (Wildman–Crippen LogP) is 2.86. The van der Waals surface area contributed by atoms with Gasteiger partial charge >= 0.3 is 0 Å². The Morgan fingerprint density at radius 2 is 2.00 bits per heavy atom. The Balaban J connectivity index is 1.89. The van der Waals surface area contributed by atoms with Gasteiger partial charge in [0.25, 0.3) is 0 Å². The third kappa shape index (κ3) is 4.28. The molecule has 0 amide bonds. The highest BCUT2D eigenvalue weighted by atomic mass is 19.1. The summed E-state index contributed by atoms with van der Waals surface area (Å²) in [4.78, 5) is 7.02. The van der Waals surface area contributed by atoms with Crippen molar-refractivity contribution < 1.29 is 14.6 Å². The van der Waals surface area contributed by atoms with E-state index in [1.165, 1.54) is 12.1 Å². The number of phenolic OH excluding ortho intramolecular Hbond substituents is 1. The molecule has 1 unspecified atom stereocenters. The van der Waals surface area contributed by atoms with Gasteiger partial charge in [-0.15, -0.1) is 0 Å². The first kappa shape index (κ1) is 18.1. The van der Waals surface area contributed by atoms with E-state index in [2.05, 4.69) is 15.3 Å². The van der Waals surface area contributed by atoms with Crippen LogP contribution in [-0.2, 0) is 18.6 Å². The molecule has 0 saturated carbocycles. The van der Waals surface area contributed by atoms with Gasteiger partial charge in [0, 0.05) is 42.4 Å². The highest BCUT2D eigenvalue weighted by Crippen LogP contribution is 2.31. The minimum Gasteiger partial charge on any atom is -0.507 e. The van der Waals surface area contributed by atoms with E-state index in [0.717, 1.165) is 17.3 Å². The monoisotopic (exact) mass is 355 g/mol. The summed E-state index contributed by atoms with van der Waals surface area (Å²) in [6, 6.07) is 13.0. The normalized spacial score (nSPS) is 14.7. The van der Waals surface area contributed by atoms with E-state index in [1.54, 1.807) is 12.5 Å². The molecule has 2 atom stereocenters. The highest BCUT2D eigenvalue weighted by molar-refractivity contribution is 5.38. The Bertz CT molecular complexity index is 840. The molecule has 3 rings (SSSR count). The van der Waals surface area contributed by atoms with Crippen LogP contribution in [0.5, 0.6) is 5.75 Å². The lowest BCUT2D eigenvalue weighted by molar-refractivity contribution is -0.0112. The van der Waals surface area contributed by atoms with E-state index in [-0.39, 0.29) is 23.8 Å². The van der Waals surface area contributed by atoms with Crippen LogP contribution in [0.1, 0.15) is 23.7 Å². The summed E-state index contributed by atoms with van der Waals surface area (Å²) >= 11 is 0. The average Bonchev–Trinajstić information content (AvgIpc) is 3.08. The molecule has 26 heavy (non-hydrogen) atoms. The Kier molecular flexibility index (Phi) is 5.35. The van der Waals surface area contributed by atoms with Crippen molar-refractivity contribution in [2.45, 2.75) is 31.5 Å². The van der Waals surface area contributed by atoms with E-state index < -0.39 is 11.5 Å². The van der Waals surface area contributed by atoms with E-state index in [0.29, 0.717) is 6.42 Å². The van der Waals surface area contributed by atoms with Gasteiger partial charge in [0.15, 0.2) is 0 Å². The van der Waals surface area contributed by atoms with Crippen LogP contribution in [0, 0.1) is 5.82 Å². The second-order valence-electron chi connectivity index (χ2n) is 6.51. The summed E-state index contributed by atoms with van der Waals surface area (Å²) in [7, 11) is 0. The largest absolute Gasteiger partial charge is 0.507 e. The first-order valence-electron chi connectivity index (χ1n) is 8.46. The van der Waals surface area contributed by atoms with Gasteiger partial charge in [-0.1, -0.05) is 30.3 Å². The molecule has 4 N–H and O–H groups in total. The molecule has 2 aromatic carbocycles. The summed E-state index contributed by atoms with van der Waals surface area (Å²) in [5, 5.41) is 24.8. The van der Waals surface area contributed by atoms with Gasteiger partial charge in [-0.3, -0.25) is 5.32 Å². The van der Waals surface area contributed by atoms with Crippen LogP contribution in [0.2, 0.25) is 0 Å². The maximum Gasteiger partial charge on any atom is 0.149 e. The predicted molar refractivity (Wildman–Crippen MR) is 97.0 cm³/mol. The molecule has 1 aromatic heterocycles. The fraction of sp³-hybridized carbons (Fsp3) is 0.250. The quantitative estimate of drug-likeness (QED) is 0.491. The van der Waals surface area contributed by atoms with Crippen molar-refractivity contribution >= 4 is 0 Å². The van der Waals surface area contributed by atoms with Crippen molar-refractivity contribution in [3.8, 4) is 5.75 Å². The number of aliphatic hydroxyl groups is 1. The Morgan fingerprint density at radius 3 is 2.65 bits per heavy atom. The topological polar surface area (TPSA) is 81.2 Å². The zero-order chi connectivity index (χ0) is 18.6. The number of aromatic amines is 1. The molecule has 0 radical (unpaired) electrons. The first-order chi connectivity index (χ1) is 12.5. The van der Waals surface area contributed by atoms with Gasteiger partial charge in [-0.05, 0) is 24.6 Å². The number of phenols is 1. The zero-order valence-electron chi connectivity index (χ0n) is 14.5. The maximum absolute atomic E-state index is 13.4. The molecule has 136 valence electrons. The molecule has 5 nitrogen and oxygen atoms in total.